The van der Waals surface area contributed by atoms with Gasteiger partial charge in [-0.05, 0) is 134 Å². The number of thiocarbonyl (C=S) groups is 1. The van der Waals surface area contributed by atoms with E-state index in [2.05, 4.69) is 40.1 Å². The Hall–Kier alpha value is -4.68. The number of carbonyl (C=O) groups excluding carboxylic acids is 2. The predicted octanol–water partition coefficient (Wildman–Crippen LogP) is 11.3. The maximum Gasteiger partial charge on any atom is 0.404 e. The summed E-state index contributed by atoms with van der Waals surface area (Å²) in [5.74, 6) is 2.77. The number of primary amides is 2. The Labute approximate surface area is 350 Å². The van der Waals surface area contributed by atoms with Crippen LogP contribution in [0.1, 0.15) is 98.3 Å². The smallest absolute Gasteiger partial charge is 0.404 e. The molecule has 302 valence electrons. The van der Waals surface area contributed by atoms with Gasteiger partial charge in [-0.15, -0.1) is 0 Å². The van der Waals surface area contributed by atoms with Gasteiger partial charge in [0.25, 0.3) is 0 Å². The molecule has 0 heterocycles. The summed E-state index contributed by atoms with van der Waals surface area (Å²) in [6.45, 7) is 0.421. The van der Waals surface area contributed by atoms with Crippen molar-refractivity contribution in [3.63, 3.8) is 0 Å². The third kappa shape index (κ3) is 15.0. The highest BCUT2D eigenvalue weighted by molar-refractivity contribution is 7.80. The molecule has 0 aromatic heterocycles. The molecular formula is C44H51Cl2N5O5S. The minimum absolute atomic E-state index is 0.200. The predicted molar refractivity (Wildman–Crippen MR) is 231 cm³/mol. The molecule has 0 atom stereocenters. The van der Waals surface area contributed by atoms with Gasteiger partial charge in [-0.1, -0.05) is 96.1 Å². The van der Waals surface area contributed by atoms with Crippen LogP contribution in [0.2, 0.25) is 10.0 Å². The fourth-order valence-electron chi connectivity index (χ4n) is 7.61. The van der Waals surface area contributed by atoms with Crippen LogP contribution < -0.4 is 22.3 Å². The molecule has 2 aliphatic carbocycles. The van der Waals surface area contributed by atoms with Crippen LogP contribution in [0.25, 0.3) is 0 Å². The van der Waals surface area contributed by atoms with Gasteiger partial charge in [-0.25, -0.2) is 14.6 Å². The van der Waals surface area contributed by atoms with Crippen LogP contribution in [0.3, 0.4) is 0 Å². The van der Waals surface area contributed by atoms with Crippen molar-refractivity contribution in [3.8, 4) is 0 Å². The summed E-state index contributed by atoms with van der Waals surface area (Å²) in [6, 6.07) is 31.4. The highest BCUT2D eigenvalue weighted by atomic mass is 35.5. The lowest BCUT2D eigenvalue weighted by molar-refractivity contribution is 0.149. The zero-order chi connectivity index (χ0) is 40.6. The van der Waals surface area contributed by atoms with E-state index >= 15 is 0 Å². The summed E-state index contributed by atoms with van der Waals surface area (Å²) in [5.41, 5.74) is 18.5. The quantitative estimate of drug-likeness (QED) is 0.0408. The third-order valence-corrected chi connectivity index (χ3v) is 11.4. The number of amides is 2. The highest BCUT2D eigenvalue weighted by Gasteiger charge is 2.25. The van der Waals surface area contributed by atoms with Crippen molar-refractivity contribution in [2.24, 2.45) is 28.3 Å². The number of halogens is 2. The first-order valence-electron chi connectivity index (χ1n) is 19.3. The number of carbonyl (C=O) groups is 2. The molecular weight excluding hydrogens is 781 g/mol. The Morgan fingerprint density at radius 2 is 1.16 bits per heavy atom. The molecule has 0 spiro atoms. The maximum absolute atomic E-state index is 10.7. The van der Waals surface area contributed by atoms with Crippen molar-refractivity contribution < 1.29 is 24.3 Å². The van der Waals surface area contributed by atoms with E-state index in [4.69, 9.17) is 56.4 Å². The van der Waals surface area contributed by atoms with E-state index in [0.717, 1.165) is 59.6 Å². The zero-order valence-electron chi connectivity index (χ0n) is 31.9. The van der Waals surface area contributed by atoms with Gasteiger partial charge in [-0.2, -0.15) is 0 Å². The molecule has 0 radical (unpaired) electrons. The molecule has 0 saturated heterocycles. The first-order valence-corrected chi connectivity index (χ1v) is 20.5. The van der Waals surface area contributed by atoms with Gasteiger partial charge in [0.15, 0.2) is 0 Å². The molecule has 13 heteroatoms. The maximum atomic E-state index is 10.7. The number of rotatable bonds is 12. The fraction of sp³-hybridized carbons (Fsp3) is 0.364. The monoisotopic (exact) mass is 831 g/mol. The third-order valence-electron chi connectivity index (χ3n) is 10.6. The summed E-state index contributed by atoms with van der Waals surface area (Å²) in [6.07, 6.45) is 9.15. The molecule has 10 nitrogen and oxygen atoms in total. The van der Waals surface area contributed by atoms with Gasteiger partial charge in [0.05, 0.1) is 10.7 Å². The second kappa shape index (κ2) is 22.3. The number of hydrogen-bond acceptors (Lipinski definition) is 7. The van der Waals surface area contributed by atoms with Gasteiger partial charge >= 0.3 is 12.2 Å². The molecule has 2 amide bonds. The minimum Gasteiger partial charge on any atom is -0.445 e. The molecule has 2 saturated carbocycles. The molecule has 4 aromatic carbocycles. The topological polar surface area (TPSA) is 161 Å². The van der Waals surface area contributed by atoms with Gasteiger partial charge in [0.1, 0.15) is 19.0 Å². The molecule has 0 aliphatic heterocycles. The number of nitrogens with one attached hydrogen (secondary N) is 2. The average molecular weight is 833 g/mol. The van der Waals surface area contributed by atoms with E-state index in [1.807, 2.05) is 60.7 Å². The van der Waals surface area contributed by atoms with Crippen molar-refractivity contribution >= 4 is 69.8 Å². The number of nitrogens with zero attached hydrogens (tertiary/aromatic N) is 1. The summed E-state index contributed by atoms with van der Waals surface area (Å²) in [5, 5.41) is 14.1. The largest absolute Gasteiger partial charge is 0.445 e. The SMILES string of the molecule is NC(=O)OCc1ccc(C2CCC(CC(=Nc3cccc(Cl)c3)NO)CC2)cc1.NC(=O)OCc1ccc(C2CCC(CC(=S)Nc3cccc(Cl)c3)CC2)cc1. The van der Waals surface area contributed by atoms with Crippen molar-refractivity contribution in [1.29, 1.82) is 0 Å². The number of ether oxygens (including phenoxy) is 2. The Morgan fingerprint density at radius 3 is 1.61 bits per heavy atom. The van der Waals surface area contributed by atoms with Gasteiger partial charge in [0, 0.05) is 28.6 Å². The summed E-state index contributed by atoms with van der Waals surface area (Å²) >= 11 is 17.6. The summed E-state index contributed by atoms with van der Waals surface area (Å²) < 4.78 is 9.64. The first kappa shape index (κ1) is 43.4. The molecule has 4 aromatic rings. The Morgan fingerprint density at radius 1 is 0.684 bits per heavy atom. The number of anilines is 1. The standard InChI is InChI=1S/C22H26ClN3O3.C22H25ClN2O2S/c23-19-2-1-3-20(13-19)25-21(26-28)12-15-4-8-17(9-5-15)18-10-6-16(7-11-18)14-29-22(24)27;23-19-2-1-3-20(13-19)25-21(28)12-15-4-8-17(9-5-15)18-10-6-16(7-11-18)14-27-22(24)26/h1-3,6-7,10-11,13,15,17,28H,4-5,8-9,12,14H2,(H2,24,27)(H,25,26);1-3,6-7,10-11,13,15,17H,4-5,8-9,12,14H2,(H2,24,26)(H,25,28). The van der Waals surface area contributed by atoms with Gasteiger partial charge in [-0.3, -0.25) is 10.7 Å². The molecule has 7 N–H and O–H groups in total. The lowest BCUT2D eigenvalue weighted by Gasteiger charge is -2.29. The van der Waals surface area contributed by atoms with Crippen LogP contribution in [0.4, 0.5) is 21.0 Å². The average Bonchev–Trinajstić information content (AvgIpc) is 3.20. The highest BCUT2D eigenvalue weighted by Crippen LogP contribution is 2.39. The number of hydroxylamine groups is 1. The van der Waals surface area contributed by atoms with Crippen molar-refractivity contribution in [2.75, 3.05) is 5.32 Å². The molecule has 0 unspecified atom stereocenters. The molecule has 6 rings (SSSR count). The van der Waals surface area contributed by atoms with E-state index < -0.39 is 12.2 Å². The van der Waals surface area contributed by atoms with Crippen LogP contribution in [0.5, 0.6) is 0 Å². The lowest BCUT2D eigenvalue weighted by Crippen LogP contribution is -2.24. The summed E-state index contributed by atoms with van der Waals surface area (Å²) in [4.78, 5) is 26.7. The van der Waals surface area contributed by atoms with Crippen molar-refractivity contribution in [3.05, 3.63) is 129 Å². The number of aliphatic imine (C=N–C) groups is 1. The van der Waals surface area contributed by atoms with Crippen LogP contribution in [0.15, 0.2) is 102 Å². The molecule has 2 fully saturated rings. The van der Waals surface area contributed by atoms with Crippen LogP contribution in [0, 0.1) is 11.8 Å². The van der Waals surface area contributed by atoms with Gasteiger partial charge < -0.3 is 26.3 Å². The van der Waals surface area contributed by atoms with E-state index in [9.17, 15) is 14.8 Å². The first-order chi connectivity index (χ1) is 27.5. The molecule has 0 bridgehead atoms. The van der Waals surface area contributed by atoms with Crippen LogP contribution >= 0.6 is 35.4 Å². The van der Waals surface area contributed by atoms with Crippen LogP contribution in [-0.4, -0.2) is 28.2 Å². The van der Waals surface area contributed by atoms with E-state index in [0.29, 0.717) is 46.0 Å². The second-order valence-electron chi connectivity index (χ2n) is 14.8. The molecule has 2 aliphatic rings. The minimum atomic E-state index is -0.761. The zero-order valence-corrected chi connectivity index (χ0v) is 34.2. The Balaban J connectivity index is 0.000000218. The Bertz CT molecular complexity index is 1950. The Kier molecular flexibility index (Phi) is 17.0. The number of nitrogens with two attached hydrogens (primary N) is 2. The van der Waals surface area contributed by atoms with Gasteiger partial charge in [0.2, 0.25) is 0 Å². The van der Waals surface area contributed by atoms with E-state index in [-0.39, 0.29) is 13.2 Å². The number of amidine groups is 1. The lowest BCUT2D eigenvalue weighted by atomic mass is 9.77. The fourth-order valence-corrected chi connectivity index (χ4v) is 8.34. The normalized spacial score (nSPS) is 19.3. The van der Waals surface area contributed by atoms with Crippen LogP contribution in [-0.2, 0) is 22.7 Å². The summed E-state index contributed by atoms with van der Waals surface area (Å²) in [7, 11) is 0. The number of hydrogen-bond donors (Lipinski definition) is 5. The molecule has 57 heavy (non-hydrogen) atoms. The van der Waals surface area contributed by atoms with E-state index in [1.54, 1.807) is 12.1 Å². The second-order valence-corrected chi connectivity index (χ2v) is 16.1. The number of benzene rings is 4. The van der Waals surface area contributed by atoms with Crippen molar-refractivity contribution in [1.82, 2.24) is 5.48 Å². The van der Waals surface area contributed by atoms with Crippen molar-refractivity contribution in [2.45, 2.75) is 89.3 Å². The van der Waals surface area contributed by atoms with E-state index in [1.165, 1.54) is 36.8 Å².